The number of nitrogens with zero attached hydrogens (tertiary/aromatic N) is 1. The molecule has 0 radical (unpaired) electrons. The van der Waals surface area contributed by atoms with Crippen molar-refractivity contribution in [3.63, 3.8) is 0 Å². The smallest absolute Gasteiger partial charge is 0.305 e. The molecule has 70 heavy (non-hydrogen) atoms. The number of hydrogen-bond donors (Lipinski definition) is 16. The lowest BCUT2D eigenvalue weighted by Crippen LogP contribution is -2.62. The first-order valence-electron chi connectivity index (χ1n) is 21.5. The van der Waals surface area contributed by atoms with Crippen LogP contribution in [0, 0.1) is 5.92 Å². The number of nitrogens with two attached hydrogens (primary N) is 3. The maximum Gasteiger partial charge on any atom is 0.305 e. The average molecular weight is 1040 g/mol. The van der Waals surface area contributed by atoms with Crippen LogP contribution in [-0.4, -0.2) is 184 Å². The van der Waals surface area contributed by atoms with Crippen LogP contribution in [-0.2, 0) is 57.5 Å². The number of carbonyl (C=O) groups is 12. The molecular weight excluding hydrogens is 971 g/mol. The second-order valence-electron chi connectivity index (χ2n) is 15.9. The van der Waals surface area contributed by atoms with Gasteiger partial charge in [-0.25, -0.2) is 0 Å². The molecule has 0 aromatic heterocycles. The molecule has 19 N–H and O–H groups in total. The Labute approximate surface area is 410 Å². The Hall–Kier alpha value is -6.47. The lowest BCUT2D eigenvalue weighted by Gasteiger charge is -2.28. The minimum Gasteiger partial charge on any atom is -0.481 e. The van der Waals surface area contributed by atoms with Crippen LogP contribution in [0.4, 0.5) is 0 Å². The van der Waals surface area contributed by atoms with Crippen LogP contribution in [0.25, 0.3) is 0 Å². The number of amides is 10. The monoisotopic (exact) mass is 1040 g/mol. The highest BCUT2D eigenvalue weighted by molar-refractivity contribution is 8.76. The molecule has 0 aliphatic carbocycles. The number of guanidine groups is 1. The van der Waals surface area contributed by atoms with Gasteiger partial charge >= 0.3 is 11.9 Å². The molecule has 0 aromatic rings. The number of aliphatic hydroxyl groups excluding tert-OH is 2. The van der Waals surface area contributed by atoms with Gasteiger partial charge in [0.05, 0.1) is 25.7 Å². The number of aliphatic hydroxyl groups is 2. The summed E-state index contributed by atoms with van der Waals surface area (Å²) in [6.07, 6.45) is -2.07. The second-order valence-corrected chi connectivity index (χ2v) is 18.5. The minimum atomic E-state index is -2.02. The maximum atomic E-state index is 13.7. The summed E-state index contributed by atoms with van der Waals surface area (Å²) in [5.74, 6) is -13.4. The SMILES string of the molecule is CSSC[C@H](NC(=O)[C@H](CC(C)C)NC(=O)[C@@H](NC(=O)[C@H](CC(=O)O)NC(=O)[C@H](CO)NC(=O)[C@H](CCCN=C(N)N)NC(=O)[C@H](C)NC(C)=O)[C@@H](C)O)C(=O)NCC(=O)N[C@@H](CCC(=O)O)C(N)=O. The quantitative estimate of drug-likeness (QED) is 0.0123. The van der Waals surface area contributed by atoms with Crippen molar-refractivity contribution >= 4 is 98.6 Å². The van der Waals surface area contributed by atoms with Crippen molar-refractivity contribution in [2.45, 2.75) is 128 Å². The van der Waals surface area contributed by atoms with Gasteiger partial charge in [0.2, 0.25) is 59.1 Å². The first-order chi connectivity index (χ1) is 32.6. The van der Waals surface area contributed by atoms with Crippen molar-refractivity contribution in [1.82, 2.24) is 47.9 Å². The summed E-state index contributed by atoms with van der Waals surface area (Å²) in [6.45, 7) is 5.11. The highest BCUT2D eigenvalue weighted by Crippen LogP contribution is 2.18. The molecular formula is C39H67N13O16S2. The summed E-state index contributed by atoms with van der Waals surface area (Å²) >= 11 is 0. The summed E-state index contributed by atoms with van der Waals surface area (Å²) in [4.78, 5) is 156. The van der Waals surface area contributed by atoms with Gasteiger partial charge in [0, 0.05) is 25.6 Å². The topological polar surface area (TPSA) is 484 Å². The number of carbonyl (C=O) groups excluding carboxylic acids is 10. The lowest BCUT2D eigenvalue weighted by molar-refractivity contribution is -0.142. The molecule has 0 saturated heterocycles. The molecule has 9 atom stereocenters. The number of aliphatic imine (C=N–C) groups is 1. The van der Waals surface area contributed by atoms with Gasteiger partial charge in [-0.1, -0.05) is 35.4 Å². The molecule has 0 heterocycles. The Kier molecular flexibility index (Phi) is 30.1. The molecule has 0 bridgehead atoms. The molecule has 0 aliphatic heterocycles. The normalized spacial score (nSPS) is 14.7. The molecule has 0 aromatic carbocycles. The van der Waals surface area contributed by atoms with Crippen molar-refractivity contribution in [2.75, 3.05) is 31.7 Å². The molecule has 0 rings (SSSR count). The third kappa shape index (κ3) is 26.3. The van der Waals surface area contributed by atoms with E-state index in [2.05, 4.69) is 52.8 Å². The van der Waals surface area contributed by atoms with Gasteiger partial charge in [0.25, 0.3) is 0 Å². The Morgan fingerprint density at radius 2 is 1.16 bits per heavy atom. The van der Waals surface area contributed by atoms with E-state index in [4.69, 9.17) is 22.3 Å². The Balaban J connectivity index is 6.26. The zero-order valence-electron chi connectivity index (χ0n) is 39.5. The van der Waals surface area contributed by atoms with Gasteiger partial charge in [-0.3, -0.25) is 62.5 Å². The fourth-order valence-corrected chi connectivity index (χ4v) is 7.19. The molecule has 29 nitrogen and oxygen atoms in total. The first-order valence-corrected chi connectivity index (χ1v) is 24.3. The molecule has 0 spiro atoms. The zero-order chi connectivity index (χ0) is 53.8. The number of carboxylic acid groups (broad SMARTS) is 2. The highest BCUT2D eigenvalue weighted by Gasteiger charge is 2.36. The van der Waals surface area contributed by atoms with E-state index >= 15 is 0 Å². The predicted octanol–water partition coefficient (Wildman–Crippen LogP) is -6.67. The molecule has 0 unspecified atom stereocenters. The van der Waals surface area contributed by atoms with Crippen molar-refractivity contribution in [3.05, 3.63) is 0 Å². The molecule has 0 fully saturated rings. The van der Waals surface area contributed by atoms with Gasteiger partial charge in [-0.2, -0.15) is 0 Å². The Morgan fingerprint density at radius 1 is 0.614 bits per heavy atom. The number of carboxylic acids is 2. The van der Waals surface area contributed by atoms with Gasteiger partial charge in [0.15, 0.2) is 5.96 Å². The van der Waals surface area contributed by atoms with Gasteiger partial charge in [0.1, 0.15) is 48.3 Å². The van der Waals surface area contributed by atoms with Crippen molar-refractivity contribution in [3.8, 4) is 0 Å². The van der Waals surface area contributed by atoms with Crippen LogP contribution in [0.15, 0.2) is 4.99 Å². The van der Waals surface area contributed by atoms with Gasteiger partial charge in [-0.05, 0) is 51.7 Å². The van der Waals surface area contributed by atoms with Crippen molar-refractivity contribution in [2.24, 2.45) is 28.1 Å². The molecule has 396 valence electrons. The largest absolute Gasteiger partial charge is 0.481 e. The van der Waals surface area contributed by atoms with E-state index in [1.54, 1.807) is 20.1 Å². The van der Waals surface area contributed by atoms with Crippen LogP contribution in [0.2, 0.25) is 0 Å². The van der Waals surface area contributed by atoms with Gasteiger partial charge in [-0.15, -0.1) is 0 Å². The molecule has 0 aliphatic rings. The second kappa shape index (κ2) is 33.1. The van der Waals surface area contributed by atoms with E-state index in [1.165, 1.54) is 17.7 Å². The summed E-state index contributed by atoms with van der Waals surface area (Å²) in [5, 5.41) is 59.8. The fraction of sp³-hybridized carbons (Fsp3) is 0.667. The fourth-order valence-electron chi connectivity index (χ4n) is 5.87. The molecule has 0 saturated carbocycles. The minimum absolute atomic E-state index is 0.0139. The van der Waals surface area contributed by atoms with E-state index in [1.807, 2.05) is 0 Å². The van der Waals surface area contributed by atoms with Crippen LogP contribution >= 0.6 is 21.6 Å². The lowest BCUT2D eigenvalue weighted by atomic mass is 10.0. The number of nitrogens with one attached hydrogen (secondary N) is 9. The molecule has 31 heteroatoms. The van der Waals surface area contributed by atoms with Crippen LogP contribution in [0.3, 0.4) is 0 Å². The van der Waals surface area contributed by atoms with Crippen molar-refractivity contribution in [1.29, 1.82) is 0 Å². The number of primary amides is 1. The standard InChI is InChI=1S/C39H67N13O16S2/c1-17(2)12-23(35(65)51-26(16-70-69-6)33(63)44-14-27(56)46-21(31(40)61)9-10-28(57)58)49-38(68)30(19(4)54)52-36(66)24(13-29(59)60)48-37(67)25(15-53)50-34(64)22(8-7-11-43-39(41)42)47-32(62)18(3)45-20(5)55/h17-19,21-26,30,53-54H,7-16H2,1-6H3,(H2,40,61)(H,44,63)(H,45,55)(H,46,56)(H,47,62)(H,48,67)(H,49,68)(H,50,64)(H,51,65)(H,52,66)(H,57,58)(H,59,60)(H4,41,42,43)/t18-,19+,21-,22-,23-,24-,25-,26-,30-/m0/s1. The van der Waals surface area contributed by atoms with E-state index in [0.717, 1.165) is 24.6 Å². The predicted molar refractivity (Wildman–Crippen MR) is 252 cm³/mol. The van der Waals surface area contributed by atoms with E-state index in [-0.39, 0.29) is 49.9 Å². The number of hydrogen-bond acceptors (Lipinski definition) is 17. The molecule has 10 amide bonds. The number of rotatable bonds is 34. The summed E-state index contributed by atoms with van der Waals surface area (Å²) in [6, 6.07) is -12.4. The zero-order valence-corrected chi connectivity index (χ0v) is 41.2. The number of aliphatic carboxylic acids is 2. The first kappa shape index (κ1) is 63.5. The van der Waals surface area contributed by atoms with E-state index < -0.39 is 151 Å². The van der Waals surface area contributed by atoms with Gasteiger partial charge < -0.3 is 85.5 Å². The highest BCUT2D eigenvalue weighted by atomic mass is 33.1. The summed E-state index contributed by atoms with van der Waals surface area (Å²) in [5.41, 5.74) is 15.9. The van der Waals surface area contributed by atoms with Crippen molar-refractivity contribution < 1.29 is 78.0 Å². The summed E-state index contributed by atoms with van der Waals surface area (Å²) < 4.78 is 0. The average Bonchev–Trinajstić information content (AvgIpc) is 3.25. The Bertz CT molecular complexity index is 1890. The third-order valence-electron chi connectivity index (χ3n) is 9.36. The summed E-state index contributed by atoms with van der Waals surface area (Å²) in [7, 11) is 2.36. The van der Waals surface area contributed by atoms with E-state index in [0.29, 0.717) is 0 Å². The third-order valence-corrected chi connectivity index (χ3v) is 11.2. The van der Waals surface area contributed by atoms with Crippen LogP contribution in [0.1, 0.15) is 73.1 Å². The van der Waals surface area contributed by atoms with Crippen LogP contribution < -0.4 is 65.1 Å². The van der Waals surface area contributed by atoms with E-state index in [9.17, 15) is 72.9 Å². The van der Waals surface area contributed by atoms with Crippen LogP contribution in [0.5, 0.6) is 0 Å². The Morgan fingerprint density at radius 3 is 1.67 bits per heavy atom. The maximum absolute atomic E-state index is 13.7.